The maximum atomic E-state index is 4.49. The zero-order valence-electron chi connectivity index (χ0n) is 10.6. The highest BCUT2D eigenvalue weighted by Gasteiger charge is 2.11. The first-order chi connectivity index (χ1) is 8.29. The largest absolute Gasteiger partial charge is 0.351 e. The van der Waals surface area contributed by atoms with E-state index in [0.717, 1.165) is 44.1 Å². The summed E-state index contributed by atoms with van der Waals surface area (Å²) in [6.07, 6.45) is 7.15. The predicted octanol–water partition coefficient (Wildman–Crippen LogP) is 1.74. The number of anilines is 1. The molecule has 2 heterocycles. The van der Waals surface area contributed by atoms with E-state index in [9.17, 15) is 0 Å². The minimum absolute atomic E-state index is 0.794. The molecule has 1 aliphatic rings. The summed E-state index contributed by atoms with van der Waals surface area (Å²) in [7, 11) is 0. The SMILES string of the molecule is CCNCc1cnc(N2CCC=C(C)C2)cn1. The molecule has 0 saturated carbocycles. The lowest BCUT2D eigenvalue weighted by Crippen LogP contribution is -2.30. The highest BCUT2D eigenvalue weighted by Crippen LogP contribution is 2.16. The Labute approximate surface area is 103 Å². The van der Waals surface area contributed by atoms with Gasteiger partial charge in [0, 0.05) is 19.6 Å². The Bertz CT molecular complexity index is 383. The summed E-state index contributed by atoms with van der Waals surface area (Å²) in [5.41, 5.74) is 2.41. The van der Waals surface area contributed by atoms with E-state index in [2.05, 4.69) is 40.1 Å². The summed E-state index contributed by atoms with van der Waals surface area (Å²) in [6.45, 7) is 8.02. The van der Waals surface area contributed by atoms with Crippen LogP contribution in [0.15, 0.2) is 24.0 Å². The van der Waals surface area contributed by atoms with E-state index in [1.54, 1.807) is 0 Å². The molecule has 1 N–H and O–H groups in total. The van der Waals surface area contributed by atoms with Crippen molar-refractivity contribution < 1.29 is 0 Å². The van der Waals surface area contributed by atoms with Crippen LogP contribution in [-0.2, 0) is 6.54 Å². The van der Waals surface area contributed by atoms with E-state index in [1.165, 1.54) is 5.57 Å². The monoisotopic (exact) mass is 232 g/mol. The summed E-state index contributed by atoms with van der Waals surface area (Å²) >= 11 is 0. The average Bonchev–Trinajstić information content (AvgIpc) is 2.37. The minimum atomic E-state index is 0.794. The molecule has 0 spiro atoms. The van der Waals surface area contributed by atoms with Gasteiger partial charge in [-0.2, -0.15) is 0 Å². The first-order valence-electron chi connectivity index (χ1n) is 6.22. The molecule has 4 nitrogen and oxygen atoms in total. The molecule has 0 amide bonds. The molecule has 0 radical (unpaired) electrons. The van der Waals surface area contributed by atoms with Gasteiger partial charge < -0.3 is 10.2 Å². The number of hydrogen-bond acceptors (Lipinski definition) is 4. The van der Waals surface area contributed by atoms with Crippen molar-refractivity contribution in [3.05, 3.63) is 29.7 Å². The number of hydrogen-bond donors (Lipinski definition) is 1. The van der Waals surface area contributed by atoms with Crippen molar-refractivity contribution in [3.8, 4) is 0 Å². The molecule has 92 valence electrons. The van der Waals surface area contributed by atoms with Crippen molar-refractivity contribution in [1.29, 1.82) is 0 Å². The second-order valence-electron chi connectivity index (χ2n) is 4.41. The van der Waals surface area contributed by atoms with Gasteiger partial charge in [0.15, 0.2) is 0 Å². The Hall–Kier alpha value is -1.42. The van der Waals surface area contributed by atoms with Gasteiger partial charge in [0.25, 0.3) is 0 Å². The lowest BCUT2D eigenvalue weighted by atomic mass is 10.1. The van der Waals surface area contributed by atoms with Crippen LogP contribution in [0.1, 0.15) is 26.0 Å². The van der Waals surface area contributed by atoms with Crippen LogP contribution in [-0.4, -0.2) is 29.6 Å². The topological polar surface area (TPSA) is 41.1 Å². The third-order valence-electron chi connectivity index (χ3n) is 2.90. The van der Waals surface area contributed by atoms with Gasteiger partial charge in [-0.15, -0.1) is 0 Å². The number of nitrogens with one attached hydrogen (secondary N) is 1. The average molecular weight is 232 g/mol. The molecule has 0 unspecified atom stereocenters. The van der Waals surface area contributed by atoms with Crippen molar-refractivity contribution >= 4 is 5.82 Å². The first-order valence-corrected chi connectivity index (χ1v) is 6.22. The number of aromatic nitrogens is 2. The van der Waals surface area contributed by atoms with Crippen molar-refractivity contribution in [2.45, 2.75) is 26.8 Å². The fourth-order valence-electron chi connectivity index (χ4n) is 1.96. The zero-order valence-corrected chi connectivity index (χ0v) is 10.6. The van der Waals surface area contributed by atoms with Crippen molar-refractivity contribution in [3.63, 3.8) is 0 Å². The normalized spacial score (nSPS) is 15.9. The molecule has 0 bridgehead atoms. The Morgan fingerprint density at radius 1 is 1.35 bits per heavy atom. The summed E-state index contributed by atoms with van der Waals surface area (Å²) < 4.78 is 0. The predicted molar refractivity (Wildman–Crippen MR) is 70.0 cm³/mol. The minimum Gasteiger partial charge on any atom is -0.351 e. The van der Waals surface area contributed by atoms with E-state index >= 15 is 0 Å². The van der Waals surface area contributed by atoms with E-state index < -0.39 is 0 Å². The van der Waals surface area contributed by atoms with Gasteiger partial charge in [0.2, 0.25) is 0 Å². The molecule has 0 aliphatic carbocycles. The second-order valence-corrected chi connectivity index (χ2v) is 4.41. The van der Waals surface area contributed by atoms with Crippen molar-refractivity contribution in [2.24, 2.45) is 0 Å². The van der Waals surface area contributed by atoms with Crippen LogP contribution in [0.25, 0.3) is 0 Å². The van der Waals surface area contributed by atoms with Gasteiger partial charge in [-0.25, -0.2) is 4.98 Å². The van der Waals surface area contributed by atoms with Crippen LogP contribution >= 0.6 is 0 Å². The second kappa shape index (κ2) is 5.77. The van der Waals surface area contributed by atoms with E-state index in [-0.39, 0.29) is 0 Å². The van der Waals surface area contributed by atoms with Gasteiger partial charge in [-0.3, -0.25) is 4.98 Å². The molecule has 1 aliphatic heterocycles. The maximum Gasteiger partial charge on any atom is 0.147 e. The highest BCUT2D eigenvalue weighted by molar-refractivity contribution is 5.39. The third-order valence-corrected chi connectivity index (χ3v) is 2.90. The van der Waals surface area contributed by atoms with Crippen molar-refractivity contribution in [1.82, 2.24) is 15.3 Å². The number of nitrogens with zero attached hydrogens (tertiary/aromatic N) is 3. The van der Waals surface area contributed by atoms with Crippen LogP contribution in [0.2, 0.25) is 0 Å². The van der Waals surface area contributed by atoms with Crippen LogP contribution in [0, 0.1) is 0 Å². The summed E-state index contributed by atoms with van der Waals surface area (Å²) in [5.74, 6) is 0.984. The highest BCUT2D eigenvalue weighted by atomic mass is 15.2. The molecule has 17 heavy (non-hydrogen) atoms. The van der Waals surface area contributed by atoms with Gasteiger partial charge >= 0.3 is 0 Å². The standard InChI is InChI=1S/C13H20N4/c1-3-14-7-12-8-16-13(9-15-12)17-6-4-5-11(2)10-17/h5,8-9,14H,3-4,6-7,10H2,1-2H3. The smallest absolute Gasteiger partial charge is 0.147 e. The van der Waals surface area contributed by atoms with E-state index in [1.807, 2.05) is 12.4 Å². The molecule has 1 aromatic heterocycles. The summed E-state index contributed by atoms with van der Waals surface area (Å²) in [5, 5.41) is 3.25. The van der Waals surface area contributed by atoms with Crippen molar-refractivity contribution in [2.75, 3.05) is 24.5 Å². The Morgan fingerprint density at radius 3 is 2.88 bits per heavy atom. The molecule has 0 aromatic carbocycles. The number of rotatable bonds is 4. The summed E-state index contributed by atoms with van der Waals surface area (Å²) in [6, 6.07) is 0. The first kappa shape index (κ1) is 12.0. The molecule has 1 aromatic rings. The van der Waals surface area contributed by atoms with Gasteiger partial charge in [0.1, 0.15) is 5.82 Å². The van der Waals surface area contributed by atoms with Gasteiger partial charge in [0.05, 0.1) is 18.1 Å². The van der Waals surface area contributed by atoms with Crippen LogP contribution in [0.5, 0.6) is 0 Å². The fourth-order valence-corrected chi connectivity index (χ4v) is 1.96. The molecule has 0 atom stereocenters. The maximum absolute atomic E-state index is 4.49. The van der Waals surface area contributed by atoms with Crippen LogP contribution in [0.3, 0.4) is 0 Å². The van der Waals surface area contributed by atoms with E-state index in [0.29, 0.717) is 0 Å². The molecule has 2 rings (SSSR count). The third kappa shape index (κ3) is 3.27. The fraction of sp³-hybridized carbons (Fsp3) is 0.538. The van der Waals surface area contributed by atoms with Gasteiger partial charge in [-0.05, 0) is 19.9 Å². The van der Waals surface area contributed by atoms with Crippen LogP contribution in [0.4, 0.5) is 5.82 Å². The lowest BCUT2D eigenvalue weighted by molar-refractivity contribution is 0.703. The molecule has 0 fully saturated rings. The Kier molecular flexibility index (Phi) is 4.09. The Morgan fingerprint density at radius 2 is 2.24 bits per heavy atom. The molecular formula is C13H20N4. The van der Waals surface area contributed by atoms with Gasteiger partial charge in [-0.1, -0.05) is 18.6 Å². The molecule has 4 heteroatoms. The quantitative estimate of drug-likeness (QED) is 0.803. The molecule has 0 saturated heterocycles. The zero-order chi connectivity index (χ0) is 12.1. The lowest BCUT2D eigenvalue weighted by Gasteiger charge is -2.26. The van der Waals surface area contributed by atoms with E-state index in [4.69, 9.17) is 0 Å². The molecular weight excluding hydrogens is 212 g/mol. The Balaban J connectivity index is 2.00. The van der Waals surface area contributed by atoms with Crippen LogP contribution < -0.4 is 10.2 Å². The summed E-state index contributed by atoms with van der Waals surface area (Å²) in [4.78, 5) is 11.2.